The van der Waals surface area contributed by atoms with Crippen LogP contribution in [0.15, 0.2) is 36.5 Å². The number of hydrogen-bond acceptors (Lipinski definition) is 4. The molecule has 0 saturated carbocycles. The third kappa shape index (κ3) is 3.57. The van der Waals surface area contributed by atoms with E-state index in [9.17, 15) is 18.8 Å². The molecule has 7 nitrogen and oxygen atoms in total. The summed E-state index contributed by atoms with van der Waals surface area (Å²) in [6.07, 6.45) is 1.76. The van der Waals surface area contributed by atoms with Gasteiger partial charge in [0.05, 0.1) is 28.2 Å². The lowest BCUT2D eigenvalue weighted by Gasteiger charge is -2.33. The molecule has 1 saturated heterocycles. The second kappa shape index (κ2) is 7.52. The van der Waals surface area contributed by atoms with Gasteiger partial charge in [-0.25, -0.2) is 4.39 Å². The van der Waals surface area contributed by atoms with Gasteiger partial charge in [-0.2, -0.15) is 0 Å². The SMILES string of the molecule is CC(C)(F)C[C@@H](C(=O)N1CC[C@@]2(C1)C(=O)Nc1ccccc12)N1Cc2ncc(Cl)cc2C1=O. The van der Waals surface area contributed by atoms with E-state index in [1.807, 2.05) is 24.3 Å². The fourth-order valence-corrected chi connectivity index (χ4v) is 5.35. The maximum atomic E-state index is 14.8. The number of likely N-dealkylation sites (tertiary alicyclic amines) is 1. The number of para-hydroxylation sites is 1. The molecular formula is C24H24ClFN4O3. The van der Waals surface area contributed by atoms with Gasteiger partial charge in [-0.3, -0.25) is 19.4 Å². The Morgan fingerprint density at radius 1 is 1.33 bits per heavy atom. The minimum Gasteiger partial charge on any atom is -0.339 e. The number of anilines is 1. The highest BCUT2D eigenvalue weighted by Crippen LogP contribution is 2.44. The fourth-order valence-electron chi connectivity index (χ4n) is 5.20. The first-order valence-electron chi connectivity index (χ1n) is 10.9. The Hall–Kier alpha value is -3.00. The van der Waals surface area contributed by atoms with Gasteiger partial charge in [0.25, 0.3) is 5.91 Å². The fraction of sp³-hybridized carbons (Fsp3) is 0.417. The van der Waals surface area contributed by atoms with Crippen LogP contribution in [0.5, 0.6) is 0 Å². The zero-order valence-electron chi connectivity index (χ0n) is 18.4. The van der Waals surface area contributed by atoms with Crippen molar-refractivity contribution in [3.63, 3.8) is 0 Å². The highest BCUT2D eigenvalue weighted by molar-refractivity contribution is 6.30. The van der Waals surface area contributed by atoms with Gasteiger partial charge in [-0.05, 0) is 38.0 Å². The Morgan fingerprint density at radius 3 is 2.85 bits per heavy atom. The number of alkyl halides is 1. The van der Waals surface area contributed by atoms with E-state index in [4.69, 9.17) is 11.6 Å². The first kappa shape index (κ1) is 21.8. The molecule has 1 N–H and O–H groups in total. The zero-order valence-corrected chi connectivity index (χ0v) is 19.2. The second-order valence-electron chi connectivity index (χ2n) is 9.61. The van der Waals surface area contributed by atoms with Crippen LogP contribution in [0.4, 0.5) is 10.1 Å². The first-order valence-corrected chi connectivity index (χ1v) is 11.3. The number of rotatable bonds is 4. The van der Waals surface area contributed by atoms with Crippen molar-refractivity contribution in [3.05, 3.63) is 58.4 Å². The average molecular weight is 471 g/mol. The molecule has 4 heterocycles. The summed E-state index contributed by atoms with van der Waals surface area (Å²) in [5.41, 5.74) is -0.0352. The van der Waals surface area contributed by atoms with Gasteiger partial charge in [0.15, 0.2) is 0 Å². The molecule has 1 fully saturated rings. The maximum Gasteiger partial charge on any atom is 0.256 e. The molecule has 0 bridgehead atoms. The van der Waals surface area contributed by atoms with Gasteiger partial charge in [-0.1, -0.05) is 29.8 Å². The van der Waals surface area contributed by atoms with Crippen LogP contribution in [0.3, 0.4) is 0 Å². The third-order valence-electron chi connectivity index (χ3n) is 6.79. The van der Waals surface area contributed by atoms with Crippen LogP contribution in [-0.4, -0.2) is 57.3 Å². The summed E-state index contributed by atoms with van der Waals surface area (Å²) in [7, 11) is 0. The molecule has 0 radical (unpaired) electrons. The van der Waals surface area contributed by atoms with E-state index in [-0.39, 0.29) is 37.2 Å². The monoisotopic (exact) mass is 470 g/mol. The van der Waals surface area contributed by atoms with Crippen LogP contribution in [0.2, 0.25) is 5.02 Å². The number of benzene rings is 1. The van der Waals surface area contributed by atoms with Crippen molar-refractivity contribution in [1.29, 1.82) is 0 Å². The zero-order chi connectivity index (χ0) is 23.5. The quantitative estimate of drug-likeness (QED) is 0.743. The summed E-state index contributed by atoms with van der Waals surface area (Å²) in [6, 6.07) is 7.99. The van der Waals surface area contributed by atoms with E-state index in [0.29, 0.717) is 29.2 Å². The van der Waals surface area contributed by atoms with Crippen LogP contribution in [-0.2, 0) is 21.5 Å². The predicted molar refractivity (Wildman–Crippen MR) is 121 cm³/mol. The minimum absolute atomic E-state index is 0.111. The molecular weight excluding hydrogens is 447 g/mol. The van der Waals surface area contributed by atoms with Crippen molar-refractivity contribution in [1.82, 2.24) is 14.8 Å². The maximum absolute atomic E-state index is 14.8. The van der Waals surface area contributed by atoms with E-state index in [0.717, 1.165) is 11.3 Å². The number of nitrogens with zero attached hydrogens (tertiary/aromatic N) is 3. The summed E-state index contributed by atoms with van der Waals surface area (Å²) in [4.78, 5) is 47.0. The largest absolute Gasteiger partial charge is 0.339 e. The van der Waals surface area contributed by atoms with Crippen molar-refractivity contribution in [2.75, 3.05) is 18.4 Å². The second-order valence-corrected chi connectivity index (χ2v) is 10.0. The van der Waals surface area contributed by atoms with E-state index >= 15 is 0 Å². The first-order chi connectivity index (χ1) is 15.6. The Bertz CT molecular complexity index is 1180. The smallest absolute Gasteiger partial charge is 0.256 e. The molecule has 5 rings (SSSR count). The summed E-state index contributed by atoms with van der Waals surface area (Å²) >= 11 is 6.01. The Kier molecular flexibility index (Phi) is 4.97. The third-order valence-corrected chi connectivity index (χ3v) is 7.00. The predicted octanol–water partition coefficient (Wildman–Crippen LogP) is 3.32. The van der Waals surface area contributed by atoms with Crippen molar-refractivity contribution in [3.8, 4) is 0 Å². The summed E-state index contributed by atoms with van der Waals surface area (Å²) in [6.45, 7) is 3.43. The number of amides is 3. The molecule has 3 aliphatic rings. The number of fused-ring (bicyclic) bond motifs is 3. The molecule has 0 aliphatic carbocycles. The summed E-state index contributed by atoms with van der Waals surface area (Å²) < 4.78 is 14.8. The van der Waals surface area contributed by atoms with E-state index < -0.39 is 17.1 Å². The Balaban J connectivity index is 1.44. The molecule has 33 heavy (non-hydrogen) atoms. The number of aromatic nitrogens is 1. The van der Waals surface area contributed by atoms with Crippen molar-refractivity contribution < 1.29 is 18.8 Å². The van der Waals surface area contributed by atoms with Gasteiger partial charge in [0.1, 0.15) is 11.7 Å². The van der Waals surface area contributed by atoms with Crippen LogP contribution in [0.1, 0.15) is 48.3 Å². The van der Waals surface area contributed by atoms with Crippen LogP contribution < -0.4 is 5.32 Å². The van der Waals surface area contributed by atoms with Gasteiger partial charge < -0.3 is 15.1 Å². The molecule has 9 heteroatoms. The highest BCUT2D eigenvalue weighted by Gasteiger charge is 2.53. The van der Waals surface area contributed by atoms with E-state index in [2.05, 4.69) is 10.3 Å². The minimum atomic E-state index is -1.69. The Labute approximate surface area is 195 Å². The van der Waals surface area contributed by atoms with Crippen LogP contribution >= 0.6 is 11.6 Å². The molecule has 1 spiro atoms. The number of carbonyl (C=O) groups excluding carboxylic acids is 3. The highest BCUT2D eigenvalue weighted by atomic mass is 35.5. The number of halogens is 2. The molecule has 0 unspecified atom stereocenters. The average Bonchev–Trinajstić information content (AvgIpc) is 3.42. The number of carbonyl (C=O) groups is 3. The van der Waals surface area contributed by atoms with Crippen molar-refractivity contribution in [2.45, 2.75) is 50.4 Å². The number of pyridine rings is 1. The molecule has 3 amide bonds. The number of hydrogen-bond donors (Lipinski definition) is 1. The molecule has 172 valence electrons. The topological polar surface area (TPSA) is 82.6 Å². The van der Waals surface area contributed by atoms with Gasteiger partial charge >= 0.3 is 0 Å². The van der Waals surface area contributed by atoms with Gasteiger partial charge in [0, 0.05) is 31.4 Å². The van der Waals surface area contributed by atoms with Gasteiger partial charge in [0.2, 0.25) is 11.8 Å². The lowest BCUT2D eigenvalue weighted by Crippen LogP contribution is -2.51. The van der Waals surface area contributed by atoms with Crippen LogP contribution in [0, 0.1) is 0 Å². The molecule has 3 aliphatic heterocycles. The normalized spacial score (nSPS) is 22.5. The lowest BCUT2D eigenvalue weighted by molar-refractivity contribution is -0.137. The van der Waals surface area contributed by atoms with E-state index in [1.54, 1.807) is 4.90 Å². The standard InChI is InChI=1S/C24H24ClFN4O3/c1-23(2,26)10-19(30-12-18-15(20(30)31)9-14(25)11-27-18)21(32)29-8-7-24(13-29)16-5-3-4-6-17(16)28-22(24)33/h3-6,9,11,19H,7-8,10,12-13H2,1-2H3,(H,28,33)/t19-,24-/m0/s1. The molecule has 2 atom stereocenters. The molecule has 2 aromatic rings. The van der Waals surface area contributed by atoms with Crippen molar-refractivity contribution in [2.24, 2.45) is 0 Å². The van der Waals surface area contributed by atoms with Gasteiger partial charge in [-0.15, -0.1) is 0 Å². The summed E-state index contributed by atoms with van der Waals surface area (Å²) in [5, 5.41) is 3.24. The Morgan fingerprint density at radius 2 is 2.09 bits per heavy atom. The van der Waals surface area contributed by atoms with Crippen molar-refractivity contribution >= 4 is 35.0 Å². The van der Waals surface area contributed by atoms with Crippen LogP contribution in [0.25, 0.3) is 0 Å². The van der Waals surface area contributed by atoms with E-state index in [1.165, 1.54) is 31.0 Å². The number of nitrogens with one attached hydrogen (secondary N) is 1. The summed E-state index contributed by atoms with van der Waals surface area (Å²) in [5.74, 6) is -0.882. The molecule has 1 aromatic heterocycles. The lowest BCUT2D eigenvalue weighted by atomic mass is 9.81. The molecule has 1 aromatic carbocycles.